The fourth-order valence-electron chi connectivity index (χ4n) is 2.95. The van der Waals surface area contributed by atoms with E-state index in [9.17, 15) is 34.6 Å². The van der Waals surface area contributed by atoms with Crippen molar-refractivity contribution in [2.24, 2.45) is 0 Å². The zero-order valence-electron chi connectivity index (χ0n) is 22.2. The van der Waals surface area contributed by atoms with Crippen molar-refractivity contribution in [3.05, 3.63) is 38.4 Å². The molecule has 0 fully saturated rings. The molecule has 230 valence electrons. The molecule has 1 aromatic rings. The molecule has 0 aliphatic carbocycles. The summed E-state index contributed by atoms with van der Waals surface area (Å²) in [6.07, 6.45) is -0.276. The lowest BCUT2D eigenvalue weighted by molar-refractivity contribution is -0.393. The van der Waals surface area contributed by atoms with Gasteiger partial charge in [0.15, 0.2) is 0 Å². The van der Waals surface area contributed by atoms with E-state index in [1.165, 1.54) is 0 Å². The molecule has 0 unspecified atom stereocenters. The predicted molar refractivity (Wildman–Crippen MR) is 139 cm³/mol. The lowest BCUT2D eigenvalue weighted by Crippen LogP contribution is -2.40. The van der Waals surface area contributed by atoms with Crippen LogP contribution in [0.1, 0.15) is 12.8 Å². The lowest BCUT2D eigenvalue weighted by Gasteiger charge is -2.19. The molecule has 0 saturated heterocycles. The van der Waals surface area contributed by atoms with Gasteiger partial charge in [-0.1, -0.05) is 0 Å². The van der Waals surface area contributed by atoms with Crippen molar-refractivity contribution in [2.45, 2.75) is 18.9 Å². The Labute approximate surface area is 234 Å². The highest BCUT2D eigenvalue weighted by Gasteiger charge is 2.20. The average molecular weight is 591 g/mol. The number of hydrogen-bond donors (Lipinski definition) is 4. The smallest absolute Gasteiger partial charge is 0.305 e. The Morgan fingerprint density at radius 1 is 0.780 bits per heavy atom. The molecule has 1 amide bonds. The second-order valence-electron chi connectivity index (χ2n) is 8.13. The molecular formula is C23H34N4O14. The summed E-state index contributed by atoms with van der Waals surface area (Å²) in [5.74, 6) is -2.64. The van der Waals surface area contributed by atoms with Crippen molar-refractivity contribution >= 4 is 34.9 Å². The van der Waals surface area contributed by atoms with Crippen LogP contribution < -0.4 is 10.6 Å². The summed E-state index contributed by atoms with van der Waals surface area (Å²) >= 11 is 0. The largest absolute Gasteiger partial charge is 0.481 e. The molecule has 0 atom stereocenters. The first-order valence-corrected chi connectivity index (χ1v) is 12.4. The van der Waals surface area contributed by atoms with Gasteiger partial charge in [0, 0.05) is 12.6 Å². The number of benzene rings is 1. The normalized spacial score (nSPS) is 11.0. The van der Waals surface area contributed by atoms with Gasteiger partial charge in [0.05, 0.1) is 94.3 Å². The van der Waals surface area contributed by atoms with Crippen LogP contribution in [0.2, 0.25) is 0 Å². The van der Waals surface area contributed by atoms with Gasteiger partial charge in [-0.15, -0.1) is 0 Å². The average Bonchev–Trinajstić information content (AvgIpc) is 2.91. The van der Waals surface area contributed by atoms with Gasteiger partial charge < -0.3 is 44.5 Å². The number of non-ortho nitro benzene ring substituents is 1. The van der Waals surface area contributed by atoms with Crippen molar-refractivity contribution in [3.8, 4) is 0 Å². The van der Waals surface area contributed by atoms with Crippen LogP contribution >= 0.6 is 0 Å². The second-order valence-corrected chi connectivity index (χ2v) is 8.13. The van der Waals surface area contributed by atoms with Crippen LogP contribution in [0.15, 0.2) is 18.2 Å². The molecule has 1 rings (SSSR count). The first kappa shape index (κ1) is 35.2. The third kappa shape index (κ3) is 17.5. The molecule has 4 N–H and O–H groups in total. The topological polar surface area (TPSA) is 248 Å². The van der Waals surface area contributed by atoms with E-state index in [1.807, 2.05) is 0 Å². The Balaban J connectivity index is 2.16. The zero-order chi connectivity index (χ0) is 30.5. The van der Waals surface area contributed by atoms with Crippen LogP contribution in [0, 0.1) is 20.2 Å². The van der Waals surface area contributed by atoms with Gasteiger partial charge >= 0.3 is 11.9 Å². The van der Waals surface area contributed by atoms with Gasteiger partial charge in [-0.3, -0.25) is 34.6 Å². The number of carbonyl (C=O) groups excluding carboxylic acids is 1. The van der Waals surface area contributed by atoms with Crippen molar-refractivity contribution < 1.29 is 58.1 Å². The molecular weight excluding hydrogens is 556 g/mol. The Morgan fingerprint density at radius 2 is 1.34 bits per heavy atom. The Bertz CT molecular complexity index is 971. The minimum atomic E-state index is -0.979. The summed E-state index contributed by atoms with van der Waals surface area (Å²) in [4.78, 5) is 53.4. The zero-order valence-corrected chi connectivity index (χ0v) is 22.2. The number of nitro groups is 2. The first-order chi connectivity index (χ1) is 19.6. The highest BCUT2D eigenvalue weighted by molar-refractivity contribution is 5.94. The fraction of sp³-hybridized carbons (Fsp3) is 0.609. The van der Waals surface area contributed by atoms with Gasteiger partial charge in [0.2, 0.25) is 0 Å². The number of hydrogen-bond acceptors (Lipinski definition) is 13. The highest BCUT2D eigenvalue weighted by atomic mass is 16.6. The number of carbonyl (C=O) groups is 3. The van der Waals surface area contributed by atoms with Crippen molar-refractivity contribution in [1.29, 1.82) is 0 Å². The van der Waals surface area contributed by atoms with Crippen molar-refractivity contribution in [3.63, 3.8) is 0 Å². The van der Waals surface area contributed by atoms with Crippen molar-refractivity contribution in [2.75, 3.05) is 77.9 Å². The van der Waals surface area contributed by atoms with E-state index in [2.05, 4.69) is 10.6 Å². The standard InChI is InChI=1S/C23H34N4O14/c28-21(25-19-2-1-18(26(33)34)13-20(19)27(35)36)16-41-12-11-38-10-9-37-8-5-24-17(14-39-6-3-22(29)30)15-40-7-4-23(31)32/h1-2,13,17,24H,3-12,14-16H2,(H,25,28)(H,29,30)(H,31,32). The van der Waals surface area contributed by atoms with Crippen LogP contribution in [0.4, 0.5) is 17.1 Å². The van der Waals surface area contributed by atoms with E-state index in [4.69, 9.17) is 33.9 Å². The van der Waals surface area contributed by atoms with Gasteiger partial charge in [-0.05, 0) is 6.07 Å². The summed E-state index contributed by atoms with van der Waals surface area (Å²) in [5, 5.41) is 44.6. The summed E-state index contributed by atoms with van der Waals surface area (Å²) in [6.45, 7) is 1.44. The molecule has 18 heteroatoms. The summed E-state index contributed by atoms with van der Waals surface area (Å²) in [6, 6.07) is 2.56. The first-order valence-electron chi connectivity index (χ1n) is 12.4. The van der Waals surface area contributed by atoms with E-state index in [0.717, 1.165) is 18.2 Å². The number of nitro benzene ring substituents is 2. The molecule has 0 radical (unpaired) electrons. The number of rotatable bonds is 25. The van der Waals surface area contributed by atoms with Crippen LogP contribution in [0.5, 0.6) is 0 Å². The number of nitrogens with zero attached hydrogens (tertiary/aromatic N) is 2. The van der Waals surface area contributed by atoms with Gasteiger partial charge in [-0.2, -0.15) is 0 Å². The van der Waals surface area contributed by atoms with E-state index in [0.29, 0.717) is 13.2 Å². The fourth-order valence-corrected chi connectivity index (χ4v) is 2.95. The van der Waals surface area contributed by atoms with E-state index < -0.39 is 45.7 Å². The molecule has 0 saturated carbocycles. The Morgan fingerprint density at radius 3 is 1.88 bits per heavy atom. The Hall–Kier alpha value is -3.81. The molecule has 0 spiro atoms. The number of anilines is 1. The van der Waals surface area contributed by atoms with Gasteiger partial charge in [0.25, 0.3) is 17.3 Å². The van der Waals surface area contributed by atoms with E-state index >= 15 is 0 Å². The van der Waals surface area contributed by atoms with Crippen LogP contribution in [0.25, 0.3) is 0 Å². The van der Waals surface area contributed by atoms with Gasteiger partial charge in [0.1, 0.15) is 12.3 Å². The number of carboxylic acid groups (broad SMARTS) is 2. The third-order valence-electron chi connectivity index (χ3n) is 4.88. The molecule has 0 aromatic heterocycles. The minimum absolute atomic E-state index is 0.0349. The number of nitrogens with one attached hydrogen (secondary N) is 2. The lowest BCUT2D eigenvalue weighted by atomic mass is 10.2. The monoisotopic (exact) mass is 590 g/mol. The maximum Gasteiger partial charge on any atom is 0.305 e. The SMILES string of the molecule is O=C(O)CCOCC(COCCC(=O)O)NCCOCCOCCOCC(=O)Nc1ccc([N+](=O)[O-])cc1[N+](=O)[O-]. The molecule has 0 aliphatic rings. The minimum Gasteiger partial charge on any atom is -0.481 e. The van der Waals surface area contributed by atoms with Crippen LogP contribution in [-0.2, 0) is 38.1 Å². The summed E-state index contributed by atoms with van der Waals surface area (Å²) in [7, 11) is 0. The maximum absolute atomic E-state index is 12.0. The second kappa shape index (κ2) is 21.0. The van der Waals surface area contributed by atoms with Crippen LogP contribution in [0.3, 0.4) is 0 Å². The van der Waals surface area contributed by atoms with Crippen molar-refractivity contribution in [1.82, 2.24) is 5.32 Å². The molecule has 0 aliphatic heterocycles. The number of ether oxygens (including phenoxy) is 5. The maximum atomic E-state index is 12.0. The van der Waals surface area contributed by atoms with E-state index in [1.54, 1.807) is 0 Å². The number of aliphatic carboxylic acids is 2. The Kier molecular flexibility index (Phi) is 18.0. The summed E-state index contributed by atoms with van der Waals surface area (Å²) < 4.78 is 26.5. The number of carboxylic acids is 2. The quantitative estimate of drug-likeness (QED) is 0.0685. The molecule has 41 heavy (non-hydrogen) atoms. The molecule has 1 aromatic carbocycles. The van der Waals surface area contributed by atoms with Crippen LogP contribution in [-0.4, -0.2) is 117 Å². The van der Waals surface area contributed by atoms with E-state index in [-0.39, 0.29) is 77.4 Å². The summed E-state index contributed by atoms with van der Waals surface area (Å²) in [5.41, 5.74) is -1.29. The highest BCUT2D eigenvalue weighted by Crippen LogP contribution is 2.28. The third-order valence-corrected chi connectivity index (χ3v) is 4.88. The molecule has 0 bridgehead atoms. The molecule has 0 heterocycles. The molecule has 18 nitrogen and oxygen atoms in total. The predicted octanol–water partition coefficient (Wildman–Crippen LogP) is 0.432. The van der Waals surface area contributed by atoms with Gasteiger partial charge in [-0.25, -0.2) is 0 Å². The number of amides is 1.